The van der Waals surface area contributed by atoms with E-state index in [-0.39, 0.29) is 0 Å². The van der Waals surface area contributed by atoms with Gasteiger partial charge in [0, 0.05) is 11.1 Å². The summed E-state index contributed by atoms with van der Waals surface area (Å²) in [5.41, 5.74) is 4.86. The summed E-state index contributed by atoms with van der Waals surface area (Å²) in [6.07, 6.45) is 5.24. The molecule has 0 heterocycles. The summed E-state index contributed by atoms with van der Waals surface area (Å²) < 4.78 is 6.13. The zero-order valence-electron chi connectivity index (χ0n) is 14.9. The van der Waals surface area contributed by atoms with Gasteiger partial charge in [-0.3, -0.25) is 0 Å². The molecule has 0 radical (unpaired) electrons. The second kappa shape index (κ2) is 7.76. The van der Waals surface area contributed by atoms with Crippen LogP contribution < -0.4 is 0 Å². The molecule has 1 fully saturated rings. The van der Waals surface area contributed by atoms with Crippen LogP contribution in [-0.4, -0.2) is 11.2 Å². The van der Waals surface area contributed by atoms with Crippen molar-refractivity contribution in [3.63, 3.8) is 0 Å². The second-order valence-electron chi connectivity index (χ2n) is 6.99. The first-order valence-electron chi connectivity index (χ1n) is 9.39. The predicted molar refractivity (Wildman–Crippen MR) is 106 cm³/mol. The Morgan fingerprint density at radius 2 is 1.27 bits per heavy atom. The van der Waals surface area contributed by atoms with Crippen LogP contribution >= 0.6 is 0 Å². The van der Waals surface area contributed by atoms with Gasteiger partial charge in [-0.25, -0.2) is 0 Å². The third-order valence-corrected chi connectivity index (χ3v) is 5.13. The standard InChI is InChI=1S/C24H24O2/c25-24-22(19-9-3-1-4-10-19)15-18(17-26-21-13-7-8-14-21)16-23(24)20-11-5-2-6-12-20/h1-6,9-12,15-16,21,25H,7-8,13-14,17H2. The minimum atomic E-state index is 0.326. The Morgan fingerprint density at radius 1 is 0.769 bits per heavy atom. The van der Waals surface area contributed by atoms with Crippen LogP contribution in [0.2, 0.25) is 0 Å². The molecular weight excluding hydrogens is 320 g/mol. The predicted octanol–water partition coefficient (Wildman–Crippen LogP) is 6.19. The van der Waals surface area contributed by atoms with Crippen molar-refractivity contribution in [2.45, 2.75) is 38.4 Å². The molecule has 1 saturated carbocycles. The van der Waals surface area contributed by atoms with E-state index < -0.39 is 0 Å². The fourth-order valence-electron chi connectivity index (χ4n) is 3.72. The molecule has 0 bridgehead atoms. The van der Waals surface area contributed by atoms with Crippen molar-refractivity contribution in [2.75, 3.05) is 0 Å². The maximum Gasteiger partial charge on any atom is 0.131 e. The van der Waals surface area contributed by atoms with Crippen molar-refractivity contribution >= 4 is 0 Å². The molecule has 1 aliphatic rings. The average molecular weight is 344 g/mol. The molecule has 0 aromatic heterocycles. The zero-order chi connectivity index (χ0) is 17.8. The van der Waals surface area contributed by atoms with Crippen LogP contribution in [0.15, 0.2) is 72.8 Å². The van der Waals surface area contributed by atoms with Crippen LogP contribution in [-0.2, 0) is 11.3 Å². The first kappa shape index (κ1) is 16.9. The van der Waals surface area contributed by atoms with Gasteiger partial charge in [0.2, 0.25) is 0 Å². The fourth-order valence-corrected chi connectivity index (χ4v) is 3.72. The zero-order valence-corrected chi connectivity index (χ0v) is 14.9. The fraction of sp³-hybridized carbons (Fsp3) is 0.250. The molecule has 0 atom stereocenters. The highest BCUT2D eigenvalue weighted by Gasteiger charge is 2.17. The van der Waals surface area contributed by atoms with Gasteiger partial charge in [-0.15, -0.1) is 0 Å². The number of hydrogen-bond acceptors (Lipinski definition) is 2. The molecule has 26 heavy (non-hydrogen) atoms. The van der Waals surface area contributed by atoms with Gasteiger partial charge in [0.1, 0.15) is 5.75 Å². The minimum absolute atomic E-state index is 0.326. The van der Waals surface area contributed by atoms with Gasteiger partial charge >= 0.3 is 0 Å². The summed E-state index contributed by atoms with van der Waals surface area (Å²) in [6.45, 7) is 0.588. The number of hydrogen-bond donors (Lipinski definition) is 1. The largest absolute Gasteiger partial charge is 0.507 e. The normalized spacial score (nSPS) is 14.6. The molecule has 4 rings (SSSR count). The Labute approximate surface area is 155 Å². The summed E-state index contributed by atoms with van der Waals surface area (Å²) in [5.74, 6) is 0.326. The Morgan fingerprint density at radius 3 is 1.77 bits per heavy atom. The summed E-state index contributed by atoms with van der Waals surface area (Å²) in [6, 6.07) is 24.2. The molecule has 3 aromatic rings. The van der Waals surface area contributed by atoms with Crippen LogP contribution in [0.4, 0.5) is 0 Å². The molecule has 2 heteroatoms. The topological polar surface area (TPSA) is 29.5 Å². The Kier molecular flexibility index (Phi) is 5.03. The van der Waals surface area contributed by atoms with Gasteiger partial charge in [-0.2, -0.15) is 0 Å². The maximum absolute atomic E-state index is 11.0. The summed E-state index contributed by atoms with van der Waals surface area (Å²) >= 11 is 0. The monoisotopic (exact) mass is 344 g/mol. The SMILES string of the molecule is Oc1c(-c2ccccc2)cc(COC2CCCC2)cc1-c1ccccc1. The van der Waals surface area contributed by atoms with E-state index in [1.54, 1.807) is 0 Å². The van der Waals surface area contributed by atoms with E-state index in [9.17, 15) is 5.11 Å². The van der Waals surface area contributed by atoms with E-state index in [0.717, 1.165) is 40.7 Å². The molecule has 0 saturated heterocycles. The molecule has 132 valence electrons. The first-order valence-corrected chi connectivity index (χ1v) is 9.39. The number of aromatic hydroxyl groups is 1. The van der Waals surface area contributed by atoms with Crippen molar-refractivity contribution in [3.8, 4) is 28.0 Å². The third-order valence-electron chi connectivity index (χ3n) is 5.13. The van der Waals surface area contributed by atoms with Gasteiger partial charge in [0.15, 0.2) is 0 Å². The summed E-state index contributed by atoms with van der Waals surface area (Å²) in [7, 11) is 0. The van der Waals surface area contributed by atoms with Crippen molar-refractivity contribution in [3.05, 3.63) is 78.4 Å². The summed E-state index contributed by atoms with van der Waals surface area (Å²) in [4.78, 5) is 0. The smallest absolute Gasteiger partial charge is 0.131 e. The van der Waals surface area contributed by atoms with E-state index in [0.29, 0.717) is 18.5 Å². The van der Waals surface area contributed by atoms with Gasteiger partial charge in [0.25, 0.3) is 0 Å². The molecule has 2 nitrogen and oxygen atoms in total. The Hall–Kier alpha value is -2.58. The van der Waals surface area contributed by atoms with Crippen LogP contribution in [0.3, 0.4) is 0 Å². The molecule has 1 aliphatic carbocycles. The van der Waals surface area contributed by atoms with Gasteiger partial charge in [-0.05, 0) is 41.7 Å². The van der Waals surface area contributed by atoms with Gasteiger partial charge in [0.05, 0.1) is 12.7 Å². The van der Waals surface area contributed by atoms with E-state index >= 15 is 0 Å². The quantitative estimate of drug-likeness (QED) is 0.598. The average Bonchev–Trinajstić information content (AvgIpc) is 3.22. The highest BCUT2D eigenvalue weighted by atomic mass is 16.5. The number of phenols is 1. The molecular formula is C24H24O2. The Balaban J connectivity index is 1.73. The van der Waals surface area contributed by atoms with Crippen LogP contribution in [0.1, 0.15) is 31.2 Å². The lowest BCUT2D eigenvalue weighted by Gasteiger charge is -2.16. The minimum Gasteiger partial charge on any atom is -0.507 e. The van der Waals surface area contributed by atoms with Gasteiger partial charge < -0.3 is 9.84 Å². The van der Waals surface area contributed by atoms with Crippen molar-refractivity contribution < 1.29 is 9.84 Å². The lowest BCUT2D eigenvalue weighted by atomic mass is 9.94. The number of benzene rings is 3. The first-order chi connectivity index (χ1) is 12.8. The van der Waals surface area contributed by atoms with Crippen LogP contribution in [0.25, 0.3) is 22.3 Å². The number of phenolic OH excluding ortho intramolecular Hbond substituents is 1. The number of ether oxygens (including phenoxy) is 1. The van der Waals surface area contributed by atoms with E-state index in [1.165, 1.54) is 12.8 Å². The molecule has 3 aromatic carbocycles. The molecule has 0 amide bonds. The van der Waals surface area contributed by atoms with Crippen molar-refractivity contribution in [1.82, 2.24) is 0 Å². The Bertz CT molecular complexity index is 789. The lowest BCUT2D eigenvalue weighted by Crippen LogP contribution is -2.07. The van der Waals surface area contributed by atoms with Gasteiger partial charge in [-0.1, -0.05) is 73.5 Å². The van der Waals surface area contributed by atoms with Crippen LogP contribution in [0.5, 0.6) is 5.75 Å². The maximum atomic E-state index is 11.0. The molecule has 1 N–H and O–H groups in total. The second-order valence-corrected chi connectivity index (χ2v) is 6.99. The highest BCUT2D eigenvalue weighted by Crippen LogP contribution is 2.39. The molecule has 0 aliphatic heterocycles. The van der Waals surface area contributed by atoms with E-state index in [1.807, 2.05) is 60.7 Å². The van der Waals surface area contributed by atoms with Crippen molar-refractivity contribution in [2.24, 2.45) is 0 Å². The van der Waals surface area contributed by atoms with Crippen LogP contribution in [0, 0.1) is 0 Å². The van der Waals surface area contributed by atoms with E-state index in [2.05, 4.69) is 12.1 Å². The highest BCUT2D eigenvalue weighted by molar-refractivity contribution is 5.82. The molecule has 0 spiro atoms. The lowest BCUT2D eigenvalue weighted by molar-refractivity contribution is 0.0457. The summed E-state index contributed by atoms with van der Waals surface area (Å²) in [5, 5.41) is 11.0. The third kappa shape index (κ3) is 3.66. The van der Waals surface area contributed by atoms with Crippen molar-refractivity contribution in [1.29, 1.82) is 0 Å². The molecule has 0 unspecified atom stereocenters. The number of rotatable bonds is 5. The van der Waals surface area contributed by atoms with E-state index in [4.69, 9.17) is 4.74 Å².